The summed E-state index contributed by atoms with van der Waals surface area (Å²) in [5.41, 5.74) is 2.81. The number of rotatable bonds is 5. The van der Waals surface area contributed by atoms with Crippen molar-refractivity contribution in [1.29, 1.82) is 0 Å². The average molecular weight is 424 g/mol. The number of aromatic nitrogens is 3. The van der Waals surface area contributed by atoms with Crippen molar-refractivity contribution >= 4 is 39.3 Å². The van der Waals surface area contributed by atoms with Crippen molar-refractivity contribution < 1.29 is 9.59 Å². The fourth-order valence-electron chi connectivity index (χ4n) is 4.36. The number of hydrogen-bond acceptors (Lipinski definition) is 5. The van der Waals surface area contributed by atoms with Gasteiger partial charge >= 0.3 is 0 Å². The predicted octanol–water partition coefficient (Wildman–Crippen LogP) is 3.18. The molecule has 0 bridgehead atoms. The predicted molar refractivity (Wildman–Crippen MR) is 117 cm³/mol. The number of likely N-dealkylation sites (tertiary alicyclic amines) is 1. The average Bonchev–Trinajstić information content (AvgIpc) is 3.47. The third-order valence-electron chi connectivity index (χ3n) is 5.90. The molecule has 1 saturated heterocycles. The third kappa shape index (κ3) is 3.84. The molecule has 0 atom stereocenters. The molecular formula is C22H25N5O2S. The summed E-state index contributed by atoms with van der Waals surface area (Å²) in [6.07, 6.45) is 6.74. The largest absolute Gasteiger partial charge is 0.342 e. The summed E-state index contributed by atoms with van der Waals surface area (Å²) in [4.78, 5) is 38.0. The topological polar surface area (TPSA) is 80.1 Å². The van der Waals surface area contributed by atoms with E-state index >= 15 is 0 Å². The van der Waals surface area contributed by atoms with Crippen LogP contribution in [0.4, 0.5) is 5.13 Å². The molecule has 2 aliphatic rings. The van der Waals surface area contributed by atoms with Crippen LogP contribution >= 0.6 is 11.3 Å². The van der Waals surface area contributed by atoms with Gasteiger partial charge in [-0.3, -0.25) is 9.59 Å². The Kier molecular flexibility index (Phi) is 5.25. The van der Waals surface area contributed by atoms with E-state index in [9.17, 15) is 9.59 Å². The van der Waals surface area contributed by atoms with Crippen LogP contribution in [-0.4, -0.2) is 44.3 Å². The lowest BCUT2D eigenvalue weighted by molar-refractivity contribution is -0.129. The number of carbonyl (C=O) groups is 2. The van der Waals surface area contributed by atoms with E-state index in [2.05, 4.69) is 15.3 Å². The number of hydrogen-bond donors (Lipinski definition) is 1. The first-order valence-corrected chi connectivity index (χ1v) is 11.5. The van der Waals surface area contributed by atoms with Gasteiger partial charge in [0.2, 0.25) is 11.8 Å². The van der Waals surface area contributed by atoms with E-state index in [4.69, 9.17) is 0 Å². The molecule has 0 spiro atoms. The minimum Gasteiger partial charge on any atom is -0.342 e. The molecule has 30 heavy (non-hydrogen) atoms. The maximum atomic E-state index is 12.8. The number of benzene rings is 1. The molecular weight excluding hydrogens is 398 g/mol. The summed E-state index contributed by atoms with van der Waals surface area (Å²) in [5, 5.41) is 3.63. The smallest absolute Gasteiger partial charge is 0.246 e. The second-order valence-corrected chi connectivity index (χ2v) is 9.10. The highest BCUT2D eigenvalue weighted by Gasteiger charge is 2.23. The van der Waals surface area contributed by atoms with Crippen molar-refractivity contribution in [3.63, 3.8) is 0 Å². The van der Waals surface area contributed by atoms with E-state index in [-0.39, 0.29) is 24.8 Å². The maximum Gasteiger partial charge on any atom is 0.246 e. The monoisotopic (exact) mass is 423 g/mol. The van der Waals surface area contributed by atoms with Gasteiger partial charge in [0.05, 0.1) is 23.1 Å². The summed E-state index contributed by atoms with van der Waals surface area (Å²) in [7, 11) is 0. The Labute approximate surface area is 179 Å². The maximum absolute atomic E-state index is 12.8. The third-order valence-corrected chi connectivity index (χ3v) is 6.97. The summed E-state index contributed by atoms with van der Waals surface area (Å²) in [6, 6.07) is 7.72. The Morgan fingerprint density at radius 2 is 1.83 bits per heavy atom. The van der Waals surface area contributed by atoms with Crippen LogP contribution < -0.4 is 5.32 Å². The van der Waals surface area contributed by atoms with Crippen molar-refractivity contribution in [3.8, 4) is 0 Å². The highest BCUT2D eigenvalue weighted by Crippen LogP contribution is 2.29. The molecule has 1 aromatic carbocycles. The van der Waals surface area contributed by atoms with Gasteiger partial charge in [-0.25, -0.2) is 9.97 Å². The fraction of sp³-hybridized carbons (Fsp3) is 0.455. The number of anilines is 1. The van der Waals surface area contributed by atoms with Crippen LogP contribution in [0, 0.1) is 0 Å². The van der Waals surface area contributed by atoms with Gasteiger partial charge in [0.25, 0.3) is 0 Å². The van der Waals surface area contributed by atoms with Crippen LogP contribution in [-0.2, 0) is 35.4 Å². The molecule has 5 rings (SSSR count). The lowest BCUT2D eigenvalue weighted by Crippen LogP contribution is -2.30. The molecule has 156 valence electrons. The van der Waals surface area contributed by atoms with Crippen molar-refractivity contribution in [2.75, 3.05) is 18.4 Å². The second kappa shape index (κ2) is 8.18. The van der Waals surface area contributed by atoms with E-state index in [1.807, 2.05) is 33.7 Å². The van der Waals surface area contributed by atoms with Crippen molar-refractivity contribution in [2.45, 2.75) is 51.5 Å². The summed E-state index contributed by atoms with van der Waals surface area (Å²) >= 11 is 1.58. The van der Waals surface area contributed by atoms with Crippen LogP contribution in [0.25, 0.3) is 11.0 Å². The summed E-state index contributed by atoms with van der Waals surface area (Å²) in [6.45, 7) is 1.75. The minimum absolute atomic E-state index is 0.0806. The number of carbonyl (C=O) groups excluding carboxylic acids is 2. The molecule has 1 N–H and O–H groups in total. The number of fused-ring (bicyclic) bond motifs is 2. The molecule has 0 unspecified atom stereocenters. The lowest BCUT2D eigenvalue weighted by Gasteiger charge is -2.15. The highest BCUT2D eigenvalue weighted by molar-refractivity contribution is 7.15. The molecule has 1 aliphatic carbocycles. The Morgan fingerprint density at radius 1 is 1.03 bits per heavy atom. The summed E-state index contributed by atoms with van der Waals surface area (Å²) < 4.78 is 1.87. The quantitative estimate of drug-likeness (QED) is 0.684. The lowest BCUT2D eigenvalue weighted by atomic mass is 10.0. The van der Waals surface area contributed by atoms with Gasteiger partial charge in [-0.05, 0) is 50.7 Å². The Bertz CT molecular complexity index is 1070. The molecule has 1 aliphatic heterocycles. The number of imidazole rings is 1. The SMILES string of the molecule is O=C(Cn1c(CC(=O)N2CCCC2)nc2ccccc21)Nc1nc2c(s1)CCCC2. The van der Waals surface area contributed by atoms with Crippen LogP contribution in [0.5, 0.6) is 0 Å². The number of amides is 2. The number of nitrogens with one attached hydrogen (secondary N) is 1. The van der Waals surface area contributed by atoms with E-state index < -0.39 is 0 Å². The van der Waals surface area contributed by atoms with Crippen LogP contribution in [0.15, 0.2) is 24.3 Å². The second-order valence-electron chi connectivity index (χ2n) is 8.01. The number of nitrogens with zero attached hydrogens (tertiary/aromatic N) is 4. The number of para-hydroxylation sites is 2. The Morgan fingerprint density at radius 3 is 2.67 bits per heavy atom. The zero-order valence-corrected chi connectivity index (χ0v) is 17.7. The molecule has 8 heteroatoms. The van der Waals surface area contributed by atoms with Gasteiger partial charge < -0.3 is 14.8 Å². The normalized spacial score (nSPS) is 16.1. The molecule has 0 radical (unpaired) electrons. The van der Waals surface area contributed by atoms with Gasteiger partial charge in [-0.1, -0.05) is 12.1 Å². The number of thiazole rings is 1. The standard InChI is InChI=1S/C22H25N5O2S/c28-20(25-22-24-16-8-2-4-10-18(16)30-22)14-27-17-9-3-1-7-15(17)23-19(27)13-21(29)26-11-5-6-12-26/h1,3,7,9H,2,4-6,8,10-14H2,(H,24,25,28). The zero-order valence-electron chi connectivity index (χ0n) is 16.9. The Hall–Kier alpha value is -2.74. The highest BCUT2D eigenvalue weighted by atomic mass is 32.1. The van der Waals surface area contributed by atoms with E-state index in [0.29, 0.717) is 11.0 Å². The number of aryl methyl sites for hydroxylation is 2. The van der Waals surface area contributed by atoms with Crippen molar-refractivity contribution in [2.24, 2.45) is 0 Å². The molecule has 3 heterocycles. The van der Waals surface area contributed by atoms with Gasteiger partial charge in [-0.15, -0.1) is 11.3 Å². The van der Waals surface area contributed by atoms with Gasteiger partial charge in [0.1, 0.15) is 12.4 Å². The Balaban J connectivity index is 1.36. The molecule has 2 amide bonds. The van der Waals surface area contributed by atoms with Crippen LogP contribution in [0.3, 0.4) is 0 Å². The fourth-order valence-corrected chi connectivity index (χ4v) is 5.42. The van der Waals surface area contributed by atoms with Crippen molar-refractivity contribution in [1.82, 2.24) is 19.4 Å². The zero-order chi connectivity index (χ0) is 20.5. The molecule has 1 fully saturated rings. The van der Waals surface area contributed by atoms with Crippen molar-refractivity contribution in [3.05, 3.63) is 40.7 Å². The van der Waals surface area contributed by atoms with E-state index in [0.717, 1.165) is 55.5 Å². The minimum atomic E-state index is -0.140. The van der Waals surface area contributed by atoms with Crippen LogP contribution in [0.2, 0.25) is 0 Å². The first-order chi connectivity index (χ1) is 14.7. The van der Waals surface area contributed by atoms with Gasteiger partial charge in [0, 0.05) is 18.0 Å². The van der Waals surface area contributed by atoms with Crippen LogP contribution in [0.1, 0.15) is 42.1 Å². The van der Waals surface area contributed by atoms with E-state index in [1.165, 1.54) is 17.7 Å². The van der Waals surface area contributed by atoms with Gasteiger partial charge in [0.15, 0.2) is 5.13 Å². The molecule has 3 aromatic rings. The molecule has 2 aromatic heterocycles. The first kappa shape index (κ1) is 19.2. The van der Waals surface area contributed by atoms with Gasteiger partial charge in [-0.2, -0.15) is 0 Å². The summed E-state index contributed by atoms with van der Waals surface area (Å²) in [5.74, 6) is 0.581. The molecule has 7 nitrogen and oxygen atoms in total. The first-order valence-electron chi connectivity index (χ1n) is 10.7. The van der Waals surface area contributed by atoms with E-state index in [1.54, 1.807) is 11.3 Å². The molecule has 0 saturated carbocycles.